The first kappa shape index (κ1) is 14.0. The first-order valence-corrected chi connectivity index (χ1v) is 6.80. The highest BCUT2D eigenvalue weighted by atomic mass is 16.5. The van der Waals surface area contributed by atoms with Crippen molar-refractivity contribution in [2.45, 2.75) is 59.4 Å². The molecule has 0 aromatic carbocycles. The monoisotopic (exact) mass is 227 g/mol. The molecule has 0 aliphatic carbocycles. The Morgan fingerprint density at radius 1 is 1.31 bits per heavy atom. The quantitative estimate of drug-likeness (QED) is 0.704. The van der Waals surface area contributed by atoms with Crippen molar-refractivity contribution < 1.29 is 4.74 Å². The highest BCUT2D eigenvalue weighted by Gasteiger charge is 2.21. The van der Waals surface area contributed by atoms with Crippen molar-refractivity contribution in [3.8, 4) is 0 Å². The summed E-state index contributed by atoms with van der Waals surface area (Å²) in [5.41, 5.74) is 0.491. The molecule has 0 bridgehead atoms. The zero-order valence-electron chi connectivity index (χ0n) is 11.5. The molecule has 0 spiro atoms. The summed E-state index contributed by atoms with van der Waals surface area (Å²) >= 11 is 0. The van der Waals surface area contributed by atoms with Crippen LogP contribution in [0.25, 0.3) is 0 Å². The van der Waals surface area contributed by atoms with Crippen LogP contribution in [0.3, 0.4) is 0 Å². The van der Waals surface area contributed by atoms with Crippen molar-refractivity contribution in [1.82, 2.24) is 5.32 Å². The lowest BCUT2D eigenvalue weighted by atomic mass is 9.90. The number of unbranched alkanes of at least 4 members (excludes halogenated alkanes) is 1. The Labute approximate surface area is 101 Å². The van der Waals surface area contributed by atoms with Crippen LogP contribution in [-0.4, -0.2) is 25.8 Å². The molecule has 0 aromatic rings. The van der Waals surface area contributed by atoms with Gasteiger partial charge in [-0.05, 0) is 44.1 Å². The van der Waals surface area contributed by atoms with E-state index in [2.05, 4.69) is 33.0 Å². The molecule has 0 amide bonds. The van der Waals surface area contributed by atoms with E-state index in [-0.39, 0.29) is 0 Å². The molecule has 1 aliphatic rings. The predicted octanol–water partition coefficient (Wildman–Crippen LogP) is 3.22. The minimum atomic E-state index is 0.491. The van der Waals surface area contributed by atoms with Crippen molar-refractivity contribution in [2.24, 2.45) is 11.3 Å². The third kappa shape index (κ3) is 5.86. The standard InChI is InChI=1S/C14H29NO/c1-12(13-7-10-16-11-13)15-9-6-5-8-14(2,3)4/h12-13,15H,5-11H2,1-4H3. The Morgan fingerprint density at radius 3 is 2.62 bits per heavy atom. The van der Waals surface area contributed by atoms with Gasteiger partial charge in [0, 0.05) is 12.6 Å². The van der Waals surface area contributed by atoms with Crippen LogP contribution >= 0.6 is 0 Å². The normalized spacial score (nSPS) is 23.6. The smallest absolute Gasteiger partial charge is 0.0509 e. The maximum absolute atomic E-state index is 5.41. The molecule has 16 heavy (non-hydrogen) atoms. The van der Waals surface area contributed by atoms with Gasteiger partial charge in [-0.2, -0.15) is 0 Å². The van der Waals surface area contributed by atoms with Gasteiger partial charge in [0.2, 0.25) is 0 Å². The molecule has 1 rings (SSSR count). The van der Waals surface area contributed by atoms with Gasteiger partial charge in [0.1, 0.15) is 0 Å². The van der Waals surface area contributed by atoms with Gasteiger partial charge < -0.3 is 10.1 Å². The molecule has 1 saturated heterocycles. The number of nitrogens with one attached hydrogen (secondary N) is 1. The number of hydrogen-bond donors (Lipinski definition) is 1. The lowest BCUT2D eigenvalue weighted by Crippen LogP contribution is -2.34. The molecule has 2 atom stereocenters. The van der Waals surface area contributed by atoms with E-state index in [1.165, 1.54) is 25.7 Å². The number of ether oxygens (including phenoxy) is 1. The minimum Gasteiger partial charge on any atom is -0.381 e. The summed E-state index contributed by atoms with van der Waals surface area (Å²) < 4.78 is 5.41. The fourth-order valence-electron chi connectivity index (χ4n) is 2.22. The van der Waals surface area contributed by atoms with Gasteiger partial charge in [-0.1, -0.05) is 27.2 Å². The third-order valence-corrected chi connectivity index (χ3v) is 3.49. The van der Waals surface area contributed by atoms with Crippen molar-refractivity contribution in [1.29, 1.82) is 0 Å². The number of rotatable bonds is 6. The highest BCUT2D eigenvalue weighted by Crippen LogP contribution is 2.21. The van der Waals surface area contributed by atoms with E-state index in [9.17, 15) is 0 Å². The Balaban J connectivity index is 1.98. The lowest BCUT2D eigenvalue weighted by molar-refractivity contribution is 0.178. The van der Waals surface area contributed by atoms with Crippen molar-refractivity contribution in [2.75, 3.05) is 19.8 Å². The van der Waals surface area contributed by atoms with Gasteiger partial charge in [0.25, 0.3) is 0 Å². The SMILES string of the molecule is CC(NCCCCC(C)(C)C)C1CCOC1. The second-order valence-corrected chi connectivity index (χ2v) is 6.38. The van der Waals surface area contributed by atoms with Gasteiger partial charge in [-0.3, -0.25) is 0 Å². The summed E-state index contributed by atoms with van der Waals surface area (Å²) in [5.74, 6) is 0.739. The van der Waals surface area contributed by atoms with Crippen LogP contribution in [0.5, 0.6) is 0 Å². The molecular weight excluding hydrogens is 198 g/mol. The first-order valence-electron chi connectivity index (χ1n) is 6.80. The van der Waals surface area contributed by atoms with E-state index in [4.69, 9.17) is 4.74 Å². The van der Waals surface area contributed by atoms with E-state index in [0.717, 1.165) is 25.7 Å². The van der Waals surface area contributed by atoms with E-state index in [0.29, 0.717) is 11.5 Å². The first-order chi connectivity index (χ1) is 7.49. The zero-order valence-corrected chi connectivity index (χ0v) is 11.5. The molecule has 1 fully saturated rings. The average Bonchev–Trinajstić information content (AvgIpc) is 2.67. The van der Waals surface area contributed by atoms with Crippen LogP contribution in [0.2, 0.25) is 0 Å². The van der Waals surface area contributed by atoms with Gasteiger partial charge in [0.05, 0.1) is 6.61 Å². The Kier molecular flexibility index (Phi) is 5.77. The second-order valence-electron chi connectivity index (χ2n) is 6.38. The average molecular weight is 227 g/mol. The van der Waals surface area contributed by atoms with Crippen LogP contribution in [0.1, 0.15) is 53.4 Å². The number of hydrogen-bond acceptors (Lipinski definition) is 2. The fraction of sp³-hybridized carbons (Fsp3) is 1.00. The van der Waals surface area contributed by atoms with Gasteiger partial charge in [0.15, 0.2) is 0 Å². The Morgan fingerprint density at radius 2 is 2.06 bits per heavy atom. The van der Waals surface area contributed by atoms with Crippen molar-refractivity contribution in [3.05, 3.63) is 0 Å². The summed E-state index contributed by atoms with van der Waals surface area (Å²) in [6, 6.07) is 0.622. The molecule has 0 aromatic heterocycles. The van der Waals surface area contributed by atoms with Gasteiger partial charge in [-0.25, -0.2) is 0 Å². The summed E-state index contributed by atoms with van der Waals surface area (Å²) in [7, 11) is 0. The van der Waals surface area contributed by atoms with E-state index < -0.39 is 0 Å². The summed E-state index contributed by atoms with van der Waals surface area (Å²) in [6.07, 6.45) is 5.20. The zero-order chi connectivity index (χ0) is 12.0. The van der Waals surface area contributed by atoms with Gasteiger partial charge in [-0.15, -0.1) is 0 Å². The van der Waals surface area contributed by atoms with Crippen molar-refractivity contribution in [3.63, 3.8) is 0 Å². The van der Waals surface area contributed by atoms with Gasteiger partial charge >= 0.3 is 0 Å². The van der Waals surface area contributed by atoms with E-state index in [1.807, 2.05) is 0 Å². The molecule has 96 valence electrons. The molecule has 0 saturated carbocycles. The molecular formula is C14H29NO. The topological polar surface area (TPSA) is 21.3 Å². The summed E-state index contributed by atoms with van der Waals surface area (Å²) in [6.45, 7) is 12.3. The molecule has 0 radical (unpaired) electrons. The largest absolute Gasteiger partial charge is 0.381 e. The fourth-order valence-corrected chi connectivity index (χ4v) is 2.22. The van der Waals surface area contributed by atoms with Crippen LogP contribution in [0.15, 0.2) is 0 Å². The molecule has 1 N–H and O–H groups in total. The van der Waals surface area contributed by atoms with Crippen LogP contribution in [0, 0.1) is 11.3 Å². The van der Waals surface area contributed by atoms with Crippen LogP contribution < -0.4 is 5.32 Å². The molecule has 2 nitrogen and oxygen atoms in total. The molecule has 2 unspecified atom stereocenters. The van der Waals surface area contributed by atoms with Crippen LogP contribution in [-0.2, 0) is 4.74 Å². The maximum Gasteiger partial charge on any atom is 0.0509 e. The minimum absolute atomic E-state index is 0.491. The highest BCUT2D eigenvalue weighted by molar-refractivity contribution is 4.75. The summed E-state index contributed by atoms with van der Waals surface area (Å²) in [5, 5.41) is 3.63. The molecule has 1 aliphatic heterocycles. The van der Waals surface area contributed by atoms with Crippen LogP contribution in [0.4, 0.5) is 0 Å². The lowest BCUT2D eigenvalue weighted by Gasteiger charge is -2.20. The Bertz CT molecular complexity index is 180. The molecule has 2 heteroatoms. The predicted molar refractivity (Wildman–Crippen MR) is 69.7 cm³/mol. The Hall–Kier alpha value is -0.0800. The summed E-state index contributed by atoms with van der Waals surface area (Å²) in [4.78, 5) is 0. The maximum atomic E-state index is 5.41. The van der Waals surface area contributed by atoms with E-state index >= 15 is 0 Å². The van der Waals surface area contributed by atoms with E-state index in [1.54, 1.807) is 0 Å². The molecule has 1 heterocycles. The van der Waals surface area contributed by atoms with Crippen molar-refractivity contribution >= 4 is 0 Å². The second kappa shape index (κ2) is 6.61. The third-order valence-electron chi connectivity index (χ3n) is 3.49.